The van der Waals surface area contributed by atoms with Gasteiger partial charge in [0.25, 0.3) is 0 Å². The zero-order chi connectivity index (χ0) is 60.2. The molecule has 5 unspecified atom stereocenters. The molecule has 4 aliphatic heterocycles. The Morgan fingerprint density at radius 1 is 0.679 bits per heavy atom. The molecule has 81 heavy (non-hydrogen) atoms. The number of carbonyl (C=O) groups excluding carboxylic acids is 2. The van der Waals surface area contributed by atoms with Gasteiger partial charge in [0.05, 0.1) is 111 Å². The van der Waals surface area contributed by atoms with E-state index in [1.54, 1.807) is 86.8 Å². The SMILES string of the molecule is CC1[C@H](C)OC(=O)C[C@H](O)C[C@H](O)CC[C@@H](O)[C@H](O)C[C@H](O)C[C@]2(O)C[C@H](O)C(C(=O)NCC(O)CO)C(C[C@@H](OC3O[C@H](C)[C@@H](O)[C@H](NC[C@@]4(O)OC[C@@H](O)[C@@H](O)[C@@H]4O)[C@@H]3O)/C=C/C=C/C=C/C=C/C=C/C=C/C=C/[C@H](C)[C@H]1O)O2. The van der Waals surface area contributed by atoms with Gasteiger partial charge in [-0.05, 0) is 33.1 Å². The summed E-state index contributed by atoms with van der Waals surface area (Å²) in [6.45, 7) is 4.17. The Labute approximate surface area is 472 Å². The maximum absolute atomic E-state index is 13.8. The van der Waals surface area contributed by atoms with Crippen LogP contribution in [0.25, 0.3) is 0 Å². The summed E-state index contributed by atoms with van der Waals surface area (Å²) in [6, 6.07) is -1.38. The molecule has 2 bridgehead atoms. The maximum atomic E-state index is 13.8. The summed E-state index contributed by atoms with van der Waals surface area (Å²) < 4.78 is 29.1. The molecule has 0 spiro atoms. The van der Waals surface area contributed by atoms with Crippen molar-refractivity contribution in [3.8, 4) is 0 Å². The summed E-state index contributed by atoms with van der Waals surface area (Å²) in [4.78, 5) is 26.6. The topological polar surface area (TPSA) is 428 Å². The first-order valence-electron chi connectivity index (χ1n) is 27.6. The number of aliphatic hydroxyl groups is 16. The van der Waals surface area contributed by atoms with Crippen LogP contribution in [0.5, 0.6) is 0 Å². The second kappa shape index (κ2) is 33.7. The average Bonchev–Trinajstić information content (AvgIpc) is 3.53. The van der Waals surface area contributed by atoms with E-state index in [0.717, 1.165) is 0 Å². The number of carbonyl (C=O) groups is 2. The largest absolute Gasteiger partial charge is 0.462 e. The van der Waals surface area contributed by atoms with Crippen molar-refractivity contribution in [2.45, 2.75) is 207 Å². The fraction of sp³-hybridized carbons (Fsp3) is 0.714. The van der Waals surface area contributed by atoms with Crippen LogP contribution in [0.4, 0.5) is 0 Å². The van der Waals surface area contributed by atoms with E-state index in [1.807, 2.05) is 6.92 Å². The van der Waals surface area contributed by atoms with Gasteiger partial charge in [-0.25, -0.2) is 0 Å². The number of allylic oxidation sites excluding steroid dienone is 12. The third kappa shape index (κ3) is 22.0. The molecule has 3 saturated heterocycles. The highest BCUT2D eigenvalue weighted by atomic mass is 16.7. The summed E-state index contributed by atoms with van der Waals surface area (Å²) in [5.74, 6) is -8.93. The predicted molar refractivity (Wildman–Crippen MR) is 288 cm³/mol. The monoisotopic (exact) mass is 1160 g/mol. The van der Waals surface area contributed by atoms with Crippen molar-refractivity contribution in [2.75, 3.05) is 26.3 Å². The standard InChI is InChI=1S/C56H90N2O23/c1-31-17-15-13-11-9-7-5-6-8-10-12-14-16-18-39(80-54-51(72)47(49(70)34(4)79-54)58-30-56(76)52(73)50(71)43(67)29-77-56)24-44-46(53(74)57-27-38(63)28-59)42(66)26-55(75,81-44)25-37(62)22-41(65)40(64)20-19-35(60)21-36(61)23-45(68)78-33(3)32(2)48(31)69/h5-18,31-44,46-52,54,58-67,69-73,75-76H,19-30H2,1-4H3,(H,57,74)/b6-5+,9-7+,10-8+,13-11+,14-12+,17-15+,18-16+/t31-,32?,33-,34+,35+,36+,37-,38?,39-,40+,41+,42-,43+,44?,46?,47-,48+,49+,50+,51-,52-,54?,55+,56+/m0/s1. The van der Waals surface area contributed by atoms with E-state index in [2.05, 4.69) is 10.6 Å². The van der Waals surface area contributed by atoms with E-state index in [9.17, 15) is 91.3 Å². The quantitative estimate of drug-likeness (QED) is 0.0998. The Balaban J connectivity index is 1.65. The molecule has 25 nitrogen and oxygen atoms in total. The number of fused-ring (bicyclic) bond motifs is 2. The number of nitrogens with one attached hydrogen (secondary N) is 2. The van der Waals surface area contributed by atoms with Gasteiger partial charge in [-0.1, -0.05) is 98.9 Å². The summed E-state index contributed by atoms with van der Waals surface area (Å²) in [5, 5.41) is 178. The summed E-state index contributed by atoms with van der Waals surface area (Å²) in [6.07, 6.45) is -6.03. The molecule has 25 heteroatoms. The van der Waals surface area contributed by atoms with Crippen LogP contribution >= 0.6 is 0 Å². The van der Waals surface area contributed by atoms with E-state index < -0.39 is 210 Å². The minimum atomic E-state index is -2.49. The van der Waals surface area contributed by atoms with Gasteiger partial charge >= 0.3 is 5.97 Å². The molecular formula is C56H90N2O23. The Morgan fingerprint density at radius 2 is 1.28 bits per heavy atom. The number of ether oxygens (including phenoxy) is 5. The molecule has 0 aromatic rings. The Hall–Kier alpha value is -3.72. The van der Waals surface area contributed by atoms with Crippen molar-refractivity contribution in [1.82, 2.24) is 10.6 Å². The molecule has 24 atom stereocenters. The van der Waals surface area contributed by atoms with Crippen molar-refractivity contribution < 1.29 is 115 Å². The lowest BCUT2D eigenvalue weighted by Gasteiger charge is -2.47. The molecule has 0 aromatic carbocycles. The molecule has 0 saturated carbocycles. The number of aliphatic hydroxyl groups excluding tert-OH is 14. The fourth-order valence-electron chi connectivity index (χ4n) is 9.91. The molecular weight excluding hydrogens is 1070 g/mol. The first-order valence-corrected chi connectivity index (χ1v) is 27.6. The van der Waals surface area contributed by atoms with E-state index in [0.29, 0.717) is 0 Å². The van der Waals surface area contributed by atoms with Crippen LogP contribution in [0.15, 0.2) is 85.1 Å². The number of rotatable bonds is 9. The van der Waals surface area contributed by atoms with Crippen molar-refractivity contribution in [1.29, 1.82) is 0 Å². The van der Waals surface area contributed by atoms with Gasteiger partial charge in [-0.2, -0.15) is 0 Å². The predicted octanol–water partition coefficient (Wildman–Crippen LogP) is -3.47. The van der Waals surface area contributed by atoms with Gasteiger partial charge in [0.2, 0.25) is 11.7 Å². The fourth-order valence-corrected chi connectivity index (χ4v) is 9.91. The highest BCUT2D eigenvalue weighted by Crippen LogP contribution is 2.38. The molecule has 0 radical (unpaired) electrons. The molecule has 0 aliphatic carbocycles. The van der Waals surface area contributed by atoms with Crippen LogP contribution < -0.4 is 10.6 Å². The Bertz CT molecular complexity index is 2110. The molecule has 4 aliphatic rings. The lowest BCUT2D eigenvalue weighted by atomic mass is 9.82. The zero-order valence-corrected chi connectivity index (χ0v) is 46.3. The molecule has 4 heterocycles. The van der Waals surface area contributed by atoms with E-state index >= 15 is 0 Å². The molecule has 1 amide bonds. The number of esters is 1. The lowest BCUT2D eigenvalue weighted by molar-refractivity contribution is -0.323. The second-order valence-electron chi connectivity index (χ2n) is 21.8. The van der Waals surface area contributed by atoms with Gasteiger partial charge in [-0.3, -0.25) is 9.59 Å². The smallest absolute Gasteiger partial charge is 0.308 e. The lowest BCUT2D eigenvalue weighted by Crippen LogP contribution is -2.69. The minimum Gasteiger partial charge on any atom is -0.462 e. The van der Waals surface area contributed by atoms with Crippen molar-refractivity contribution in [3.05, 3.63) is 85.1 Å². The Kier molecular flexibility index (Phi) is 29.0. The summed E-state index contributed by atoms with van der Waals surface area (Å²) >= 11 is 0. The first kappa shape index (κ1) is 69.8. The summed E-state index contributed by atoms with van der Waals surface area (Å²) in [5.41, 5.74) is 0. The van der Waals surface area contributed by atoms with Crippen LogP contribution in [-0.4, -0.2) is 248 Å². The van der Waals surface area contributed by atoms with Gasteiger partial charge in [-0.15, -0.1) is 0 Å². The van der Waals surface area contributed by atoms with Gasteiger partial charge in [0.15, 0.2) is 12.1 Å². The molecule has 0 aromatic heterocycles. The third-order valence-electron chi connectivity index (χ3n) is 15.0. The number of amides is 1. The zero-order valence-electron chi connectivity index (χ0n) is 46.3. The normalized spacial score (nSPS) is 45.0. The number of hydrogen-bond donors (Lipinski definition) is 18. The van der Waals surface area contributed by atoms with E-state index in [4.69, 9.17) is 23.7 Å². The van der Waals surface area contributed by atoms with Crippen LogP contribution in [0.1, 0.15) is 79.1 Å². The van der Waals surface area contributed by atoms with Crippen LogP contribution in [0, 0.1) is 17.8 Å². The van der Waals surface area contributed by atoms with Crippen molar-refractivity contribution >= 4 is 11.9 Å². The number of hydrogen-bond acceptors (Lipinski definition) is 24. The van der Waals surface area contributed by atoms with Gasteiger partial charge in [0.1, 0.15) is 30.5 Å². The number of cyclic esters (lactones) is 1. The molecule has 3 fully saturated rings. The molecule has 4 rings (SSSR count). The van der Waals surface area contributed by atoms with Crippen LogP contribution in [-0.2, 0) is 33.3 Å². The van der Waals surface area contributed by atoms with Gasteiger partial charge < -0.3 is 116 Å². The molecule has 18 N–H and O–H groups in total. The molecule has 462 valence electrons. The third-order valence-corrected chi connectivity index (χ3v) is 15.0. The highest BCUT2D eigenvalue weighted by molar-refractivity contribution is 5.80. The Morgan fingerprint density at radius 3 is 1.90 bits per heavy atom. The van der Waals surface area contributed by atoms with E-state index in [-0.39, 0.29) is 25.2 Å². The van der Waals surface area contributed by atoms with Crippen LogP contribution in [0.2, 0.25) is 0 Å². The van der Waals surface area contributed by atoms with Crippen molar-refractivity contribution in [2.24, 2.45) is 17.8 Å². The van der Waals surface area contributed by atoms with Gasteiger partial charge in [0, 0.05) is 44.1 Å². The van der Waals surface area contributed by atoms with Crippen LogP contribution in [0.3, 0.4) is 0 Å². The second-order valence-corrected chi connectivity index (χ2v) is 21.8. The average molecular weight is 1160 g/mol. The summed E-state index contributed by atoms with van der Waals surface area (Å²) in [7, 11) is 0. The highest BCUT2D eigenvalue weighted by Gasteiger charge is 2.53. The first-order chi connectivity index (χ1) is 38.2. The van der Waals surface area contributed by atoms with Crippen molar-refractivity contribution in [3.63, 3.8) is 0 Å². The maximum Gasteiger partial charge on any atom is 0.308 e. The van der Waals surface area contributed by atoms with E-state index in [1.165, 1.54) is 19.1 Å². The minimum absolute atomic E-state index is 0.156.